The second kappa shape index (κ2) is 5.05. The standard InChI is InChI=1S/C11H10FN3S/c12-8-1-3-10(4-2-8)16-11-7-14-9(5-13)6-15-11/h1-4,6-7H,5,13H2. The van der Waals surface area contributed by atoms with Crippen molar-refractivity contribution >= 4 is 11.8 Å². The van der Waals surface area contributed by atoms with Crippen molar-refractivity contribution < 1.29 is 4.39 Å². The summed E-state index contributed by atoms with van der Waals surface area (Å²) in [4.78, 5) is 9.25. The predicted octanol–water partition coefficient (Wildman–Crippen LogP) is 2.23. The molecular weight excluding hydrogens is 225 g/mol. The fourth-order valence-electron chi connectivity index (χ4n) is 1.12. The summed E-state index contributed by atoms with van der Waals surface area (Å²) >= 11 is 1.43. The molecule has 0 aliphatic heterocycles. The number of halogens is 1. The molecule has 0 saturated heterocycles. The van der Waals surface area contributed by atoms with Crippen LogP contribution in [-0.4, -0.2) is 9.97 Å². The summed E-state index contributed by atoms with van der Waals surface area (Å²) < 4.78 is 12.7. The SMILES string of the molecule is NCc1cnc(Sc2ccc(F)cc2)cn1. The summed E-state index contributed by atoms with van der Waals surface area (Å²) in [6.45, 7) is 0.383. The number of aromatic nitrogens is 2. The summed E-state index contributed by atoms with van der Waals surface area (Å²) in [6, 6.07) is 6.26. The Labute approximate surface area is 96.9 Å². The van der Waals surface area contributed by atoms with Crippen molar-refractivity contribution in [1.29, 1.82) is 0 Å². The lowest BCUT2D eigenvalue weighted by Crippen LogP contribution is -1.99. The summed E-state index contributed by atoms with van der Waals surface area (Å²) in [5, 5.41) is 0.767. The Kier molecular flexibility index (Phi) is 3.48. The highest BCUT2D eigenvalue weighted by Crippen LogP contribution is 2.25. The molecule has 0 fully saturated rings. The summed E-state index contributed by atoms with van der Waals surface area (Å²) in [7, 11) is 0. The highest BCUT2D eigenvalue weighted by molar-refractivity contribution is 7.99. The molecule has 0 atom stereocenters. The third-order valence-electron chi connectivity index (χ3n) is 1.93. The number of hydrogen-bond acceptors (Lipinski definition) is 4. The van der Waals surface area contributed by atoms with Crippen LogP contribution in [0.25, 0.3) is 0 Å². The Morgan fingerprint density at radius 2 is 1.88 bits per heavy atom. The van der Waals surface area contributed by atoms with E-state index in [0.29, 0.717) is 6.54 Å². The highest BCUT2D eigenvalue weighted by atomic mass is 32.2. The van der Waals surface area contributed by atoms with Gasteiger partial charge in [-0.1, -0.05) is 11.8 Å². The quantitative estimate of drug-likeness (QED) is 0.886. The molecule has 1 heterocycles. The summed E-state index contributed by atoms with van der Waals surface area (Å²) in [5.41, 5.74) is 6.17. The minimum atomic E-state index is -0.242. The first-order valence-electron chi connectivity index (χ1n) is 4.72. The van der Waals surface area contributed by atoms with E-state index in [2.05, 4.69) is 9.97 Å². The molecule has 82 valence electrons. The molecule has 0 radical (unpaired) electrons. The van der Waals surface area contributed by atoms with E-state index in [1.165, 1.54) is 23.9 Å². The monoisotopic (exact) mass is 235 g/mol. The van der Waals surface area contributed by atoms with Crippen LogP contribution in [0.4, 0.5) is 4.39 Å². The van der Waals surface area contributed by atoms with Crippen LogP contribution < -0.4 is 5.73 Å². The number of benzene rings is 1. The fourth-order valence-corrected chi connectivity index (χ4v) is 1.85. The average Bonchev–Trinajstić information content (AvgIpc) is 2.33. The summed E-state index contributed by atoms with van der Waals surface area (Å²) in [6.07, 6.45) is 3.31. The van der Waals surface area contributed by atoms with E-state index in [9.17, 15) is 4.39 Å². The Bertz CT molecular complexity index is 456. The van der Waals surface area contributed by atoms with Gasteiger partial charge in [0.25, 0.3) is 0 Å². The van der Waals surface area contributed by atoms with Crippen molar-refractivity contribution in [3.05, 3.63) is 48.2 Å². The first-order chi connectivity index (χ1) is 7.78. The molecule has 0 unspecified atom stereocenters. The third-order valence-corrected chi connectivity index (χ3v) is 2.85. The van der Waals surface area contributed by atoms with E-state index in [1.54, 1.807) is 24.5 Å². The van der Waals surface area contributed by atoms with Crippen molar-refractivity contribution in [3.63, 3.8) is 0 Å². The smallest absolute Gasteiger partial charge is 0.123 e. The van der Waals surface area contributed by atoms with Crippen molar-refractivity contribution in [3.8, 4) is 0 Å². The molecule has 5 heteroatoms. The van der Waals surface area contributed by atoms with E-state index in [1.807, 2.05) is 0 Å². The van der Waals surface area contributed by atoms with Crippen LogP contribution in [0.5, 0.6) is 0 Å². The molecule has 0 aliphatic rings. The van der Waals surface area contributed by atoms with Crippen molar-refractivity contribution in [2.75, 3.05) is 0 Å². The maximum Gasteiger partial charge on any atom is 0.123 e. The van der Waals surface area contributed by atoms with Crippen LogP contribution in [0.15, 0.2) is 46.6 Å². The van der Waals surface area contributed by atoms with Gasteiger partial charge >= 0.3 is 0 Å². The Hall–Kier alpha value is -1.46. The third kappa shape index (κ3) is 2.77. The first-order valence-corrected chi connectivity index (χ1v) is 5.54. The topological polar surface area (TPSA) is 51.8 Å². The van der Waals surface area contributed by atoms with E-state index >= 15 is 0 Å². The van der Waals surface area contributed by atoms with Crippen LogP contribution in [0.3, 0.4) is 0 Å². The number of nitrogens with zero attached hydrogens (tertiary/aromatic N) is 2. The van der Waals surface area contributed by atoms with Crippen LogP contribution in [0, 0.1) is 5.82 Å². The molecular formula is C11H10FN3S. The molecule has 0 aliphatic carbocycles. The largest absolute Gasteiger partial charge is 0.325 e. The number of rotatable bonds is 3. The molecule has 2 N–H and O–H groups in total. The maximum absolute atomic E-state index is 12.7. The maximum atomic E-state index is 12.7. The van der Waals surface area contributed by atoms with Gasteiger partial charge in [0, 0.05) is 11.4 Å². The number of hydrogen-bond donors (Lipinski definition) is 1. The lowest BCUT2D eigenvalue weighted by atomic mass is 10.4. The van der Waals surface area contributed by atoms with Gasteiger partial charge in [-0.3, -0.25) is 4.98 Å². The zero-order chi connectivity index (χ0) is 11.4. The van der Waals surface area contributed by atoms with Gasteiger partial charge in [-0.25, -0.2) is 9.37 Å². The Balaban J connectivity index is 2.11. The van der Waals surface area contributed by atoms with Gasteiger partial charge in [-0.05, 0) is 24.3 Å². The molecule has 0 spiro atoms. The van der Waals surface area contributed by atoms with Crippen LogP contribution >= 0.6 is 11.8 Å². The minimum absolute atomic E-state index is 0.242. The fraction of sp³-hybridized carbons (Fsp3) is 0.0909. The Morgan fingerprint density at radius 1 is 1.12 bits per heavy atom. The molecule has 0 bridgehead atoms. The van der Waals surface area contributed by atoms with Gasteiger partial charge in [0.05, 0.1) is 18.1 Å². The lowest BCUT2D eigenvalue weighted by Gasteiger charge is -2.01. The van der Waals surface area contributed by atoms with E-state index in [-0.39, 0.29) is 5.82 Å². The van der Waals surface area contributed by atoms with Gasteiger partial charge in [0.1, 0.15) is 10.8 Å². The predicted molar refractivity (Wildman–Crippen MR) is 60.4 cm³/mol. The molecule has 1 aromatic heterocycles. The van der Waals surface area contributed by atoms with Gasteiger partial charge in [-0.2, -0.15) is 0 Å². The molecule has 16 heavy (non-hydrogen) atoms. The van der Waals surface area contributed by atoms with Crippen LogP contribution in [0.1, 0.15) is 5.69 Å². The molecule has 0 saturated carbocycles. The molecule has 2 rings (SSSR count). The Morgan fingerprint density at radius 3 is 2.44 bits per heavy atom. The van der Waals surface area contributed by atoms with E-state index in [0.717, 1.165) is 15.6 Å². The zero-order valence-corrected chi connectivity index (χ0v) is 9.25. The van der Waals surface area contributed by atoms with Gasteiger partial charge in [-0.15, -0.1) is 0 Å². The normalized spacial score (nSPS) is 10.4. The second-order valence-corrected chi connectivity index (χ2v) is 4.20. The number of nitrogens with two attached hydrogens (primary N) is 1. The summed E-state index contributed by atoms with van der Waals surface area (Å²) in [5.74, 6) is -0.242. The van der Waals surface area contributed by atoms with E-state index < -0.39 is 0 Å². The second-order valence-electron chi connectivity index (χ2n) is 3.11. The van der Waals surface area contributed by atoms with Crippen molar-refractivity contribution in [2.24, 2.45) is 5.73 Å². The first kappa shape index (κ1) is 11.0. The lowest BCUT2D eigenvalue weighted by molar-refractivity contribution is 0.626. The molecule has 3 nitrogen and oxygen atoms in total. The van der Waals surface area contributed by atoms with Gasteiger partial charge in [0.2, 0.25) is 0 Å². The van der Waals surface area contributed by atoms with Crippen molar-refractivity contribution in [1.82, 2.24) is 9.97 Å². The molecule has 2 aromatic rings. The van der Waals surface area contributed by atoms with Crippen LogP contribution in [-0.2, 0) is 6.54 Å². The van der Waals surface area contributed by atoms with Gasteiger partial charge < -0.3 is 5.73 Å². The zero-order valence-electron chi connectivity index (χ0n) is 8.43. The molecule has 0 amide bonds. The van der Waals surface area contributed by atoms with E-state index in [4.69, 9.17) is 5.73 Å². The average molecular weight is 235 g/mol. The van der Waals surface area contributed by atoms with Crippen molar-refractivity contribution in [2.45, 2.75) is 16.5 Å². The minimum Gasteiger partial charge on any atom is -0.325 e. The highest BCUT2D eigenvalue weighted by Gasteiger charge is 2.00. The van der Waals surface area contributed by atoms with Gasteiger partial charge in [0.15, 0.2) is 0 Å². The molecule has 1 aromatic carbocycles. The van der Waals surface area contributed by atoms with Crippen LogP contribution in [0.2, 0.25) is 0 Å².